The van der Waals surface area contributed by atoms with Gasteiger partial charge in [0.1, 0.15) is 23.6 Å². The Morgan fingerprint density at radius 1 is 0.848 bits per heavy atom. The first-order valence-corrected chi connectivity index (χ1v) is 17.3. The first-order chi connectivity index (χ1) is 21.6. The van der Waals surface area contributed by atoms with Gasteiger partial charge in [-0.1, -0.05) is 78.9 Å². The molecule has 1 heterocycles. The lowest BCUT2D eigenvalue weighted by atomic mass is 9.95. The van der Waals surface area contributed by atoms with Crippen molar-refractivity contribution in [2.24, 2.45) is 0 Å². The van der Waals surface area contributed by atoms with E-state index in [4.69, 9.17) is 14.2 Å². The molecule has 0 saturated carbocycles. The molecule has 0 radical (unpaired) electrons. The lowest BCUT2D eigenvalue weighted by Gasteiger charge is -2.36. The maximum absolute atomic E-state index is 13.6. The fourth-order valence-corrected chi connectivity index (χ4v) is 6.72. The summed E-state index contributed by atoms with van der Waals surface area (Å²) < 4.78 is 45.9. The van der Waals surface area contributed by atoms with Gasteiger partial charge >= 0.3 is 12.2 Å². The second-order valence-electron chi connectivity index (χ2n) is 13.4. The lowest BCUT2D eigenvalue weighted by Crippen LogP contribution is -2.54. The number of hydrogen-bond donors (Lipinski definition) is 0. The fourth-order valence-electron chi connectivity index (χ4n) is 5.52. The number of benzene rings is 3. The van der Waals surface area contributed by atoms with Gasteiger partial charge in [-0.15, -0.1) is 0 Å². The van der Waals surface area contributed by atoms with E-state index < -0.39 is 45.5 Å². The number of ether oxygens (including phenoxy) is 3. The molecule has 4 rings (SSSR count). The van der Waals surface area contributed by atoms with E-state index in [0.29, 0.717) is 12.4 Å². The molecule has 3 aromatic carbocycles. The topological polar surface area (TPSA) is 102 Å². The average molecular weight is 651 g/mol. The number of nitrogens with zero attached hydrogens (tertiary/aromatic N) is 2. The van der Waals surface area contributed by atoms with E-state index in [2.05, 4.69) is 0 Å². The van der Waals surface area contributed by atoms with Crippen LogP contribution in [0.15, 0.2) is 78.9 Å². The monoisotopic (exact) mass is 650 g/mol. The third-order valence-electron chi connectivity index (χ3n) is 7.51. The minimum atomic E-state index is -4.08. The largest absolute Gasteiger partial charge is 0.488 e. The molecule has 1 aliphatic rings. The molecule has 10 heteroatoms. The molecule has 0 N–H and O–H groups in total. The summed E-state index contributed by atoms with van der Waals surface area (Å²) in [6.07, 6.45) is -1.12. The number of carbonyl (C=O) groups is 2. The van der Waals surface area contributed by atoms with Crippen molar-refractivity contribution in [3.63, 3.8) is 0 Å². The molecule has 0 spiro atoms. The predicted octanol–water partition coefficient (Wildman–Crippen LogP) is 7.44. The molecule has 9 nitrogen and oxygen atoms in total. The van der Waals surface area contributed by atoms with Crippen LogP contribution in [0.2, 0.25) is 0 Å². The number of likely N-dealkylation sites (tertiary alicyclic amines) is 1. The molecule has 1 fully saturated rings. The fraction of sp³-hybridized carbons (Fsp3) is 0.444. The van der Waals surface area contributed by atoms with Crippen LogP contribution in [0, 0.1) is 0 Å². The minimum Gasteiger partial charge on any atom is -0.488 e. The Kier molecular flexibility index (Phi) is 10.7. The average Bonchev–Trinajstić information content (AvgIpc) is 3.38. The first kappa shape index (κ1) is 34.8. The normalized spacial score (nSPS) is 17.0. The number of sulfonamides is 1. The maximum atomic E-state index is 13.6. The molecule has 46 heavy (non-hydrogen) atoms. The first-order valence-electron chi connectivity index (χ1n) is 15.7. The standard InChI is InChI=1S/C36H46N2O7S/c1-8-46(41,42)38(34(40)45-36(5,6)7)30-22-23-37(33(39)44-35(2,3)4)31(30)24-28-20-15-21-29(27-18-13-10-14-19-27)32(28)43-25-26-16-11-9-12-17-26/h9-21,30-31H,8,22-25H2,1-7H3. The van der Waals surface area contributed by atoms with Crippen molar-refractivity contribution in [2.75, 3.05) is 12.3 Å². The van der Waals surface area contributed by atoms with Crippen LogP contribution in [0.25, 0.3) is 11.1 Å². The van der Waals surface area contributed by atoms with Gasteiger partial charge < -0.3 is 19.1 Å². The number of hydrogen-bond acceptors (Lipinski definition) is 7. The van der Waals surface area contributed by atoms with Crippen LogP contribution in [0.1, 0.15) is 66.0 Å². The Morgan fingerprint density at radius 2 is 1.46 bits per heavy atom. The molecular weight excluding hydrogens is 604 g/mol. The van der Waals surface area contributed by atoms with Crippen molar-refractivity contribution >= 4 is 22.2 Å². The van der Waals surface area contributed by atoms with Gasteiger partial charge in [0.25, 0.3) is 0 Å². The van der Waals surface area contributed by atoms with Crippen LogP contribution >= 0.6 is 0 Å². The Hall–Kier alpha value is -4.05. The molecule has 0 aliphatic carbocycles. The molecular formula is C36H46N2O7S. The van der Waals surface area contributed by atoms with Gasteiger partial charge in [-0.3, -0.25) is 0 Å². The van der Waals surface area contributed by atoms with E-state index in [-0.39, 0.29) is 25.1 Å². The molecule has 0 bridgehead atoms. The van der Waals surface area contributed by atoms with Crippen molar-refractivity contribution in [3.8, 4) is 16.9 Å². The van der Waals surface area contributed by atoms with Gasteiger partial charge in [0, 0.05) is 12.1 Å². The highest BCUT2D eigenvalue weighted by Gasteiger charge is 2.48. The molecule has 3 aromatic rings. The number of amides is 2. The van der Waals surface area contributed by atoms with Gasteiger partial charge in [-0.05, 0) is 78.0 Å². The highest BCUT2D eigenvalue weighted by Crippen LogP contribution is 2.38. The Labute approximate surface area is 273 Å². The third kappa shape index (κ3) is 8.81. The quantitative estimate of drug-likeness (QED) is 0.237. The van der Waals surface area contributed by atoms with Gasteiger partial charge in [-0.25, -0.2) is 18.0 Å². The van der Waals surface area contributed by atoms with Crippen molar-refractivity contribution in [1.29, 1.82) is 0 Å². The van der Waals surface area contributed by atoms with Gasteiger partial charge in [-0.2, -0.15) is 4.31 Å². The zero-order chi connectivity index (χ0) is 33.7. The molecule has 2 unspecified atom stereocenters. The van der Waals surface area contributed by atoms with Crippen LogP contribution in [-0.4, -0.2) is 65.4 Å². The second-order valence-corrected chi connectivity index (χ2v) is 15.5. The molecule has 2 atom stereocenters. The van der Waals surface area contributed by atoms with Crippen LogP contribution in [0.4, 0.5) is 9.59 Å². The third-order valence-corrected chi connectivity index (χ3v) is 9.26. The molecule has 248 valence electrons. The Morgan fingerprint density at radius 3 is 2.04 bits per heavy atom. The molecule has 2 amide bonds. The smallest absolute Gasteiger partial charge is 0.424 e. The van der Waals surface area contributed by atoms with Gasteiger partial charge in [0.15, 0.2) is 0 Å². The SMILES string of the molecule is CCS(=O)(=O)N(C(=O)OC(C)(C)C)C1CCN(C(=O)OC(C)(C)C)C1Cc1cccc(-c2ccccc2)c1OCc1ccccc1. The summed E-state index contributed by atoms with van der Waals surface area (Å²) in [6.45, 7) is 12.4. The zero-order valence-electron chi connectivity index (χ0n) is 27.9. The van der Waals surface area contributed by atoms with E-state index >= 15 is 0 Å². The van der Waals surface area contributed by atoms with Crippen LogP contribution < -0.4 is 4.74 Å². The highest BCUT2D eigenvalue weighted by atomic mass is 32.2. The van der Waals surface area contributed by atoms with Gasteiger partial charge in [0.05, 0.1) is 17.8 Å². The van der Waals surface area contributed by atoms with E-state index in [1.54, 1.807) is 41.5 Å². The minimum absolute atomic E-state index is 0.196. The summed E-state index contributed by atoms with van der Waals surface area (Å²) in [5.74, 6) is 0.311. The van der Waals surface area contributed by atoms with E-state index in [9.17, 15) is 18.0 Å². The summed E-state index contributed by atoms with van der Waals surface area (Å²) in [5.41, 5.74) is 1.84. The number of para-hydroxylation sites is 1. The lowest BCUT2D eigenvalue weighted by molar-refractivity contribution is 0.0152. The molecule has 1 aliphatic heterocycles. The van der Waals surface area contributed by atoms with Crippen LogP contribution in [0.5, 0.6) is 5.75 Å². The molecule has 0 aromatic heterocycles. The maximum Gasteiger partial charge on any atom is 0.424 e. The van der Waals surface area contributed by atoms with Crippen molar-refractivity contribution < 1.29 is 32.2 Å². The van der Waals surface area contributed by atoms with Crippen LogP contribution in [0.3, 0.4) is 0 Å². The predicted molar refractivity (Wildman–Crippen MR) is 179 cm³/mol. The summed E-state index contributed by atoms with van der Waals surface area (Å²) in [6, 6.07) is 23.8. The second kappa shape index (κ2) is 14.2. The van der Waals surface area contributed by atoms with Crippen molar-refractivity contribution in [2.45, 2.75) is 91.2 Å². The summed E-state index contributed by atoms with van der Waals surface area (Å²) in [5, 5.41) is 0. The zero-order valence-corrected chi connectivity index (χ0v) is 28.7. The van der Waals surface area contributed by atoms with Crippen LogP contribution in [-0.2, 0) is 32.5 Å². The van der Waals surface area contributed by atoms with Crippen molar-refractivity contribution in [3.05, 3.63) is 90.0 Å². The van der Waals surface area contributed by atoms with E-state index in [1.165, 1.54) is 11.8 Å². The Bertz CT molecular complexity index is 1600. The highest BCUT2D eigenvalue weighted by molar-refractivity contribution is 7.89. The van der Waals surface area contributed by atoms with E-state index in [0.717, 1.165) is 26.6 Å². The van der Waals surface area contributed by atoms with Crippen molar-refractivity contribution in [1.82, 2.24) is 9.21 Å². The van der Waals surface area contributed by atoms with E-state index in [1.807, 2.05) is 78.9 Å². The Balaban J connectivity index is 1.82. The summed E-state index contributed by atoms with van der Waals surface area (Å²) in [7, 11) is -4.08. The molecule has 1 saturated heterocycles. The summed E-state index contributed by atoms with van der Waals surface area (Å²) >= 11 is 0. The number of carbonyl (C=O) groups excluding carboxylic acids is 2. The number of rotatable bonds is 9. The summed E-state index contributed by atoms with van der Waals surface area (Å²) in [4.78, 5) is 28.7. The van der Waals surface area contributed by atoms with Gasteiger partial charge in [0.2, 0.25) is 10.0 Å².